The number of rotatable bonds is 2. The van der Waals surface area contributed by atoms with Crippen LogP contribution in [0.4, 0.5) is 0 Å². The Bertz CT molecular complexity index is 905. The maximum Gasteiger partial charge on any atom is -0.00253 e. The molecule has 0 aliphatic heterocycles. The Kier molecular flexibility index (Phi) is 2.93. The van der Waals surface area contributed by atoms with E-state index in [-0.39, 0.29) is 0 Å². The van der Waals surface area contributed by atoms with Gasteiger partial charge in [0, 0.05) is 0 Å². The van der Waals surface area contributed by atoms with E-state index >= 15 is 0 Å². The van der Waals surface area contributed by atoms with E-state index in [4.69, 9.17) is 0 Å². The number of benzene rings is 4. The van der Waals surface area contributed by atoms with E-state index in [0.717, 1.165) is 6.42 Å². The van der Waals surface area contributed by atoms with Crippen molar-refractivity contribution in [3.8, 4) is 0 Å². The molecule has 1 radical (unpaired) electrons. The molecule has 0 heteroatoms. The first-order valence-electron chi connectivity index (χ1n) is 7.26. The first-order chi connectivity index (χ1) is 10.4. The van der Waals surface area contributed by atoms with Crippen LogP contribution in [0.25, 0.3) is 21.5 Å². The van der Waals surface area contributed by atoms with Gasteiger partial charge >= 0.3 is 0 Å². The first-order valence-corrected chi connectivity index (χ1v) is 7.26. The molecule has 0 aromatic heterocycles. The minimum Gasteiger partial charge on any atom is -0.0622 e. The fourth-order valence-corrected chi connectivity index (χ4v) is 2.91. The van der Waals surface area contributed by atoms with Crippen LogP contribution >= 0.6 is 0 Å². The molecule has 0 unspecified atom stereocenters. The zero-order valence-electron chi connectivity index (χ0n) is 11.7. The Morgan fingerprint density at radius 3 is 2.38 bits per heavy atom. The fraction of sp³-hybridized carbons (Fsp3) is 0.0476. The summed E-state index contributed by atoms with van der Waals surface area (Å²) < 4.78 is 0. The molecule has 0 heterocycles. The van der Waals surface area contributed by atoms with Crippen LogP contribution in [0.5, 0.6) is 0 Å². The van der Waals surface area contributed by atoms with Crippen molar-refractivity contribution in [1.82, 2.24) is 0 Å². The van der Waals surface area contributed by atoms with Crippen molar-refractivity contribution in [2.45, 2.75) is 6.42 Å². The van der Waals surface area contributed by atoms with Crippen molar-refractivity contribution in [2.24, 2.45) is 0 Å². The van der Waals surface area contributed by atoms with Gasteiger partial charge in [-0.25, -0.2) is 0 Å². The van der Waals surface area contributed by atoms with Crippen molar-refractivity contribution in [2.75, 3.05) is 0 Å². The lowest BCUT2D eigenvalue weighted by Gasteiger charge is -2.07. The van der Waals surface area contributed by atoms with Gasteiger partial charge in [0.05, 0.1) is 0 Å². The van der Waals surface area contributed by atoms with Gasteiger partial charge in [0.15, 0.2) is 0 Å². The second-order valence-corrected chi connectivity index (χ2v) is 5.42. The molecule has 0 atom stereocenters. The van der Waals surface area contributed by atoms with Crippen LogP contribution in [0.1, 0.15) is 11.1 Å². The van der Waals surface area contributed by atoms with Crippen LogP contribution in [-0.4, -0.2) is 0 Å². The lowest BCUT2D eigenvalue weighted by Crippen LogP contribution is -1.88. The molecule has 0 saturated carbocycles. The molecule has 0 saturated heterocycles. The van der Waals surface area contributed by atoms with E-state index in [1.165, 1.54) is 32.7 Å². The summed E-state index contributed by atoms with van der Waals surface area (Å²) in [6.45, 7) is 0. The Morgan fingerprint density at radius 2 is 1.48 bits per heavy atom. The van der Waals surface area contributed by atoms with Crippen molar-refractivity contribution < 1.29 is 0 Å². The van der Waals surface area contributed by atoms with Crippen LogP contribution in [0.2, 0.25) is 0 Å². The number of hydrogen-bond acceptors (Lipinski definition) is 0. The fourth-order valence-electron chi connectivity index (χ4n) is 2.91. The Balaban J connectivity index is 1.86. The molecular formula is C21H15. The van der Waals surface area contributed by atoms with Crippen LogP contribution < -0.4 is 0 Å². The van der Waals surface area contributed by atoms with Gasteiger partial charge < -0.3 is 0 Å². The van der Waals surface area contributed by atoms with Crippen molar-refractivity contribution in [3.05, 3.63) is 96.1 Å². The monoisotopic (exact) mass is 267 g/mol. The van der Waals surface area contributed by atoms with Gasteiger partial charge in [0.2, 0.25) is 0 Å². The van der Waals surface area contributed by atoms with Gasteiger partial charge in [-0.2, -0.15) is 0 Å². The summed E-state index contributed by atoms with van der Waals surface area (Å²) in [5.74, 6) is 0. The van der Waals surface area contributed by atoms with Crippen molar-refractivity contribution in [3.63, 3.8) is 0 Å². The van der Waals surface area contributed by atoms with E-state index < -0.39 is 0 Å². The largest absolute Gasteiger partial charge is 0.0622 e. The molecule has 0 N–H and O–H groups in total. The highest BCUT2D eigenvalue weighted by atomic mass is 14.1. The average Bonchev–Trinajstić information content (AvgIpc) is 2.56. The lowest BCUT2D eigenvalue weighted by molar-refractivity contribution is 1.20. The lowest BCUT2D eigenvalue weighted by atomic mass is 9.97. The van der Waals surface area contributed by atoms with E-state index in [2.05, 4.69) is 84.9 Å². The highest BCUT2D eigenvalue weighted by Gasteiger charge is 2.02. The Morgan fingerprint density at radius 1 is 0.667 bits per heavy atom. The second kappa shape index (κ2) is 5.06. The predicted octanol–water partition coefficient (Wildman–Crippen LogP) is 5.38. The van der Waals surface area contributed by atoms with E-state index in [1.54, 1.807) is 0 Å². The maximum absolute atomic E-state index is 3.43. The summed E-state index contributed by atoms with van der Waals surface area (Å²) in [6.07, 6.45) is 0.955. The van der Waals surface area contributed by atoms with Crippen LogP contribution in [-0.2, 0) is 6.42 Å². The van der Waals surface area contributed by atoms with E-state index in [0.29, 0.717) is 0 Å². The quantitative estimate of drug-likeness (QED) is 0.427. The number of hydrogen-bond donors (Lipinski definition) is 0. The Hall–Kier alpha value is -2.60. The third-order valence-corrected chi connectivity index (χ3v) is 3.96. The van der Waals surface area contributed by atoms with Crippen molar-refractivity contribution in [1.29, 1.82) is 0 Å². The van der Waals surface area contributed by atoms with Gasteiger partial charge in [-0.15, -0.1) is 0 Å². The van der Waals surface area contributed by atoms with E-state index in [9.17, 15) is 0 Å². The normalized spacial score (nSPS) is 11.0. The van der Waals surface area contributed by atoms with Crippen LogP contribution in [0.3, 0.4) is 0 Å². The Labute approximate surface area is 124 Å². The zero-order valence-corrected chi connectivity index (χ0v) is 11.7. The molecule has 0 aliphatic carbocycles. The summed E-state index contributed by atoms with van der Waals surface area (Å²) >= 11 is 0. The van der Waals surface area contributed by atoms with Gasteiger partial charge in [-0.05, 0) is 45.2 Å². The summed E-state index contributed by atoms with van der Waals surface area (Å²) in [5, 5.41) is 5.07. The number of fused-ring (bicyclic) bond motifs is 3. The maximum atomic E-state index is 3.43. The molecule has 0 amide bonds. The summed E-state index contributed by atoms with van der Waals surface area (Å²) in [7, 11) is 0. The molecule has 21 heavy (non-hydrogen) atoms. The van der Waals surface area contributed by atoms with Gasteiger partial charge in [0.1, 0.15) is 0 Å². The molecule has 4 rings (SSSR count). The summed E-state index contributed by atoms with van der Waals surface area (Å²) in [4.78, 5) is 0. The predicted molar refractivity (Wildman–Crippen MR) is 89.5 cm³/mol. The SMILES string of the molecule is [c]1cc(Cc2ccccc2)cc2c1ccc1ccccc12. The standard InChI is InChI=1S/C21H15/c1-2-6-16(7-3-1)14-17-10-11-19-13-12-18-8-4-5-9-20(18)21(19)15-17/h1-10,12-13,15H,14H2. The van der Waals surface area contributed by atoms with Gasteiger partial charge in [0.25, 0.3) is 0 Å². The van der Waals surface area contributed by atoms with Crippen LogP contribution in [0, 0.1) is 6.07 Å². The summed E-state index contributed by atoms with van der Waals surface area (Å²) in [6, 6.07) is 31.3. The summed E-state index contributed by atoms with van der Waals surface area (Å²) in [5.41, 5.74) is 2.65. The average molecular weight is 267 g/mol. The highest BCUT2D eigenvalue weighted by molar-refractivity contribution is 6.07. The molecule has 0 aliphatic rings. The molecule has 4 aromatic rings. The molecule has 0 bridgehead atoms. The highest BCUT2D eigenvalue weighted by Crippen LogP contribution is 2.26. The third kappa shape index (κ3) is 2.30. The van der Waals surface area contributed by atoms with Crippen LogP contribution in [0.15, 0.2) is 78.9 Å². The second-order valence-electron chi connectivity index (χ2n) is 5.42. The zero-order chi connectivity index (χ0) is 14.1. The van der Waals surface area contributed by atoms with Gasteiger partial charge in [-0.1, -0.05) is 78.9 Å². The minimum atomic E-state index is 0.955. The first kappa shape index (κ1) is 12.2. The van der Waals surface area contributed by atoms with Crippen molar-refractivity contribution >= 4 is 21.5 Å². The topological polar surface area (TPSA) is 0 Å². The smallest absolute Gasteiger partial charge is 0.00253 e. The molecule has 0 fully saturated rings. The molecule has 4 aromatic carbocycles. The molecule has 0 nitrogen and oxygen atoms in total. The molecule has 0 spiro atoms. The van der Waals surface area contributed by atoms with Gasteiger partial charge in [-0.3, -0.25) is 0 Å². The molecule has 99 valence electrons. The minimum absolute atomic E-state index is 0.955. The molecular weight excluding hydrogens is 252 g/mol. The van der Waals surface area contributed by atoms with E-state index in [1.807, 2.05) is 0 Å². The third-order valence-electron chi connectivity index (χ3n) is 3.96.